The molecule has 0 unspecified atom stereocenters. The van der Waals surface area contributed by atoms with Crippen molar-refractivity contribution < 1.29 is 9.53 Å². The third-order valence-corrected chi connectivity index (χ3v) is 5.45. The topological polar surface area (TPSA) is 58.8 Å². The molecule has 1 saturated carbocycles. The van der Waals surface area contributed by atoms with Crippen LogP contribution < -0.4 is 10.5 Å². The average molecular weight is 386 g/mol. The summed E-state index contributed by atoms with van der Waals surface area (Å²) in [5, 5.41) is 0.610. The quantitative estimate of drug-likeness (QED) is 0.855. The van der Waals surface area contributed by atoms with E-state index in [1.165, 1.54) is 12.8 Å². The van der Waals surface area contributed by atoms with Crippen molar-refractivity contribution in [3.05, 3.63) is 58.6 Å². The Bertz CT molecular complexity index is 830. The Hall–Kier alpha value is -2.08. The first-order valence-electron chi connectivity index (χ1n) is 9.44. The molecule has 2 aromatic carbocycles. The number of carbonyl (C=O) groups excluding carboxylic acids is 1. The molecule has 1 heterocycles. The SMILES string of the molecule is NCc1cc(C(=O)N2CCN(C3CC3)CC2)ccc1Oc1cccc(Cl)c1. The molecule has 1 saturated heterocycles. The Morgan fingerprint density at radius 3 is 2.56 bits per heavy atom. The highest BCUT2D eigenvalue weighted by Crippen LogP contribution is 2.29. The van der Waals surface area contributed by atoms with Crippen molar-refractivity contribution in [2.45, 2.75) is 25.4 Å². The van der Waals surface area contributed by atoms with E-state index in [-0.39, 0.29) is 5.91 Å². The fourth-order valence-corrected chi connectivity index (χ4v) is 3.72. The Labute approximate surface area is 164 Å². The van der Waals surface area contributed by atoms with E-state index >= 15 is 0 Å². The molecule has 0 radical (unpaired) electrons. The number of rotatable bonds is 5. The van der Waals surface area contributed by atoms with Gasteiger partial charge in [0, 0.05) is 54.9 Å². The van der Waals surface area contributed by atoms with Gasteiger partial charge in [-0.15, -0.1) is 0 Å². The first-order valence-corrected chi connectivity index (χ1v) is 9.81. The van der Waals surface area contributed by atoms with E-state index in [2.05, 4.69) is 4.90 Å². The predicted molar refractivity (Wildman–Crippen MR) is 106 cm³/mol. The van der Waals surface area contributed by atoms with Gasteiger partial charge in [0.15, 0.2) is 0 Å². The summed E-state index contributed by atoms with van der Waals surface area (Å²) in [6.45, 7) is 3.81. The number of amides is 1. The Balaban J connectivity index is 1.46. The second-order valence-corrected chi connectivity index (χ2v) is 7.58. The van der Waals surface area contributed by atoms with Crippen molar-refractivity contribution >= 4 is 17.5 Å². The van der Waals surface area contributed by atoms with Gasteiger partial charge in [-0.3, -0.25) is 9.69 Å². The lowest BCUT2D eigenvalue weighted by Gasteiger charge is -2.35. The molecule has 1 aliphatic carbocycles. The van der Waals surface area contributed by atoms with Gasteiger partial charge in [0.05, 0.1) is 0 Å². The van der Waals surface area contributed by atoms with Gasteiger partial charge >= 0.3 is 0 Å². The minimum absolute atomic E-state index is 0.0643. The van der Waals surface area contributed by atoms with Crippen LogP contribution in [0.2, 0.25) is 5.02 Å². The lowest BCUT2D eigenvalue weighted by molar-refractivity contribution is 0.0627. The fraction of sp³-hybridized carbons (Fsp3) is 0.381. The summed E-state index contributed by atoms with van der Waals surface area (Å²) in [5.74, 6) is 1.36. The van der Waals surface area contributed by atoms with Gasteiger partial charge in [0.1, 0.15) is 11.5 Å². The van der Waals surface area contributed by atoms with Crippen molar-refractivity contribution in [3.8, 4) is 11.5 Å². The van der Waals surface area contributed by atoms with Gasteiger partial charge in [0.25, 0.3) is 5.91 Å². The first kappa shape index (κ1) is 18.3. The third-order valence-electron chi connectivity index (χ3n) is 5.22. The van der Waals surface area contributed by atoms with Crippen LogP contribution in [0.3, 0.4) is 0 Å². The molecule has 6 heteroatoms. The highest BCUT2D eigenvalue weighted by Gasteiger charge is 2.32. The van der Waals surface area contributed by atoms with Crippen molar-refractivity contribution in [3.63, 3.8) is 0 Å². The summed E-state index contributed by atoms with van der Waals surface area (Å²) in [4.78, 5) is 17.3. The van der Waals surface area contributed by atoms with Gasteiger partial charge in [-0.2, -0.15) is 0 Å². The van der Waals surface area contributed by atoms with E-state index < -0.39 is 0 Å². The lowest BCUT2D eigenvalue weighted by atomic mass is 10.1. The summed E-state index contributed by atoms with van der Waals surface area (Å²) in [6.07, 6.45) is 2.61. The van der Waals surface area contributed by atoms with Gasteiger partial charge in [-0.25, -0.2) is 0 Å². The monoisotopic (exact) mass is 385 g/mol. The Morgan fingerprint density at radius 2 is 1.89 bits per heavy atom. The number of nitrogens with zero attached hydrogens (tertiary/aromatic N) is 2. The van der Waals surface area contributed by atoms with Gasteiger partial charge in [0.2, 0.25) is 0 Å². The van der Waals surface area contributed by atoms with E-state index in [9.17, 15) is 4.79 Å². The number of ether oxygens (including phenoxy) is 1. The number of nitrogens with two attached hydrogens (primary N) is 1. The normalized spacial score (nSPS) is 17.8. The zero-order valence-corrected chi connectivity index (χ0v) is 16.0. The number of piperazine rings is 1. The molecular weight excluding hydrogens is 362 g/mol. The van der Waals surface area contributed by atoms with Crippen LogP contribution in [0.5, 0.6) is 11.5 Å². The first-order chi connectivity index (χ1) is 13.1. The largest absolute Gasteiger partial charge is 0.457 e. The second-order valence-electron chi connectivity index (χ2n) is 7.15. The molecule has 0 bridgehead atoms. The van der Waals surface area contributed by atoms with Crippen LogP contribution in [0.1, 0.15) is 28.8 Å². The molecule has 0 atom stereocenters. The van der Waals surface area contributed by atoms with E-state index in [0.717, 1.165) is 37.8 Å². The highest BCUT2D eigenvalue weighted by molar-refractivity contribution is 6.30. The highest BCUT2D eigenvalue weighted by atomic mass is 35.5. The zero-order chi connectivity index (χ0) is 18.8. The molecular formula is C21H24ClN3O2. The summed E-state index contributed by atoms with van der Waals surface area (Å²) in [5.41, 5.74) is 7.37. The van der Waals surface area contributed by atoms with Crippen molar-refractivity contribution in [1.82, 2.24) is 9.80 Å². The summed E-state index contributed by atoms with van der Waals surface area (Å²) in [6, 6.07) is 13.4. The van der Waals surface area contributed by atoms with Crippen LogP contribution in [-0.2, 0) is 6.54 Å². The minimum Gasteiger partial charge on any atom is -0.457 e. The maximum atomic E-state index is 12.9. The minimum atomic E-state index is 0.0643. The van der Waals surface area contributed by atoms with Crippen molar-refractivity contribution in [2.75, 3.05) is 26.2 Å². The van der Waals surface area contributed by atoms with Crippen LogP contribution in [0, 0.1) is 0 Å². The predicted octanol–water partition coefficient (Wildman–Crippen LogP) is 3.51. The molecule has 0 spiro atoms. The molecule has 27 heavy (non-hydrogen) atoms. The van der Waals surface area contributed by atoms with Crippen LogP contribution in [0.25, 0.3) is 0 Å². The van der Waals surface area contributed by atoms with E-state index in [1.54, 1.807) is 12.1 Å². The van der Waals surface area contributed by atoms with Gasteiger partial charge in [-0.05, 0) is 49.2 Å². The van der Waals surface area contributed by atoms with Crippen LogP contribution in [0.4, 0.5) is 0 Å². The smallest absolute Gasteiger partial charge is 0.253 e. The molecule has 4 rings (SSSR count). The van der Waals surface area contributed by atoms with E-state index in [1.807, 2.05) is 35.2 Å². The molecule has 2 fully saturated rings. The molecule has 1 aliphatic heterocycles. The lowest BCUT2D eigenvalue weighted by Crippen LogP contribution is -2.49. The summed E-state index contributed by atoms with van der Waals surface area (Å²) in [7, 11) is 0. The Morgan fingerprint density at radius 1 is 1.11 bits per heavy atom. The third kappa shape index (κ3) is 4.26. The number of carbonyl (C=O) groups is 1. The number of halogens is 1. The second kappa shape index (κ2) is 7.89. The molecule has 0 aromatic heterocycles. The van der Waals surface area contributed by atoms with Gasteiger partial charge < -0.3 is 15.4 Å². The molecule has 2 N–H and O–H groups in total. The van der Waals surface area contributed by atoms with E-state index in [4.69, 9.17) is 22.1 Å². The van der Waals surface area contributed by atoms with Crippen LogP contribution >= 0.6 is 11.6 Å². The van der Waals surface area contributed by atoms with Crippen molar-refractivity contribution in [2.24, 2.45) is 5.73 Å². The van der Waals surface area contributed by atoms with Gasteiger partial charge in [-0.1, -0.05) is 17.7 Å². The average Bonchev–Trinajstić information content (AvgIpc) is 3.53. The summed E-state index contributed by atoms with van der Waals surface area (Å²) >= 11 is 6.01. The standard InChI is InChI=1S/C21H24ClN3O2/c22-17-2-1-3-19(13-17)27-20-7-4-15(12-16(20)14-23)21(26)25-10-8-24(9-11-25)18-5-6-18/h1-4,7,12-13,18H,5-6,8-11,14,23H2. The number of hydrogen-bond donors (Lipinski definition) is 1. The maximum Gasteiger partial charge on any atom is 0.253 e. The van der Waals surface area contributed by atoms with E-state index in [0.29, 0.717) is 28.6 Å². The zero-order valence-electron chi connectivity index (χ0n) is 15.2. The fourth-order valence-electron chi connectivity index (χ4n) is 3.54. The molecule has 2 aliphatic rings. The molecule has 142 valence electrons. The molecule has 5 nitrogen and oxygen atoms in total. The number of benzene rings is 2. The molecule has 2 aromatic rings. The van der Waals surface area contributed by atoms with Crippen LogP contribution in [0.15, 0.2) is 42.5 Å². The van der Waals surface area contributed by atoms with Crippen molar-refractivity contribution in [1.29, 1.82) is 0 Å². The maximum absolute atomic E-state index is 12.9. The summed E-state index contributed by atoms with van der Waals surface area (Å²) < 4.78 is 5.91. The molecule has 1 amide bonds. The number of hydrogen-bond acceptors (Lipinski definition) is 4. The Kier molecular flexibility index (Phi) is 5.34. The van der Waals surface area contributed by atoms with Crippen LogP contribution in [-0.4, -0.2) is 47.9 Å².